The largest absolute Gasteiger partial charge is 0.486 e. The van der Waals surface area contributed by atoms with Crippen molar-refractivity contribution in [1.29, 1.82) is 0 Å². The molecule has 1 rings (SSSR count). The Kier molecular flexibility index (Phi) is 5.01. The molecule has 0 amide bonds. The molecular weight excluding hydrogens is 210 g/mol. The van der Waals surface area contributed by atoms with Crippen LogP contribution < -0.4 is 10.1 Å². The number of hydrogen-bond donors (Lipinski definition) is 1. The summed E-state index contributed by atoms with van der Waals surface area (Å²) in [4.78, 5) is 0. The highest BCUT2D eigenvalue weighted by atomic mass is 16.5. The zero-order valence-corrected chi connectivity index (χ0v) is 11.8. The Morgan fingerprint density at radius 3 is 2.41 bits per heavy atom. The van der Waals surface area contributed by atoms with Gasteiger partial charge in [0.05, 0.1) is 0 Å². The van der Waals surface area contributed by atoms with E-state index in [0.29, 0.717) is 0 Å². The molecule has 0 radical (unpaired) electrons. The van der Waals surface area contributed by atoms with Gasteiger partial charge >= 0.3 is 0 Å². The molecule has 2 heteroatoms. The van der Waals surface area contributed by atoms with Gasteiger partial charge in [-0.3, -0.25) is 0 Å². The van der Waals surface area contributed by atoms with Crippen molar-refractivity contribution in [3.05, 3.63) is 29.3 Å². The third kappa shape index (κ3) is 4.04. The molecule has 0 bridgehead atoms. The van der Waals surface area contributed by atoms with E-state index in [1.807, 2.05) is 0 Å². The normalized spacial score (nSPS) is 14.4. The zero-order chi connectivity index (χ0) is 12.9. The number of benzene rings is 1. The summed E-state index contributed by atoms with van der Waals surface area (Å²) in [7, 11) is 0. The summed E-state index contributed by atoms with van der Waals surface area (Å²) in [5.74, 6) is 0.968. The van der Waals surface area contributed by atoms with Crippen molar-refractivity contribution in [2.45, 2.75) is 46.6 Å². The summed E-state index contributed by atoms with van der Waals surface area (Å²) in [6, 6.07) is 6.30. The number of ether oxygens (including phenoxy) is 1. The monoisotopic (exact) mass is 235 g/mol. The summed E-state index contributed by atoms with van der Waals surface area (Å²) in [6.45, 7) is 12.5. The molecule has 0 aliphatic rings. The Bertz CT molecular complexity index is 362. The lowest BCUT2D eigenvalue weighted by Gasteiger charge is -2.30. The minimum Gasteiger partial charge on any atom is -0.486 e. The average molecular weight is 235 g/mol. The minimum absolute atomic E-state index is 0.127. The highest BCUT2D eigenvalue weighted by molar-refractivity contribution is 5.34. The van der Waals surface area contributed by atoms with E-state index in [0.717, 1.165) is 25.3 Å². The quantitative estimate of drug-likeness (QED) is 0.815. The molecule has 1 aromatic rings. The third-order valence-electron chi connectivity index (χ3n) is 3.34. The molecule has 0 aliphatic heterocycles. The number of nitrogens with one attached hydrogen (secondary N) is 1. The fourth-order valence-corrected chi connectivity index (χ4v) is 1.68. The van der Waals surface area contributed by atoms with Crippen LogP contribution in [0.5, 0.6) is 5.75 Å². The van der Waals surface area contributed by atoms with Crippen molar-refractivity contribution in [3.8, 4) is 5.75 Å². The standard InChI is InChI=1S/C15H25NO/c1-6-15(5,11-16-7-2)17-14-9-8-12(3)13(4)10-14/h8-10,16H,6-7,11H2,1-5H3. The van der Waals surface area contributed by atoms with Gasteiger partial charge < -0.3 is 10.1 Å². The smallest absolute Gasteiger partial charge is 0.120 e. The third-order valence-corrected chi connectivity index (χ3v) is 3.34. The summed E-state index contributed by atoms with van der Waals surface area (Å²) in [5, 5.41) is 3.36. The van der Waals surface area contributed by atoms with Gasteiger partial charge in [0.1, 0.15) is 11.4 Å². The Morgan fingerprint density at radius 2 is 1.88 bits per heavy atom. The highest BCUT2D eigenvalue weighted by Crippen LogP contribution is 2.23. The molecule has 1 N–H and O–H groups in total. The maximum absolute atomic E-state index is 6.13. The van der Waals surface area contributed by atoms with Crippen LogP contribution in [0, 0.1) is 13.8 Å². The minimum atomic E-state index is -0.127. The molecule has 0 spiro atoms. The first-order chi connectivity index (χ1) is 8.00. The number of likely N-dealkylation sites (N-methyl/N-ethyl adjacent to an activating group) is 1. The molecule has 2 nitrogen and oxygen atoms in total. The van der Waals surface area contributed by atoms with Crippen LogP contribution in [-0.2, 0) is 0 Å². The summed E-state index contributed by atoms with van der Waals surface area (Å²) in [6.07, 6.45) is 0.993. The molecule has 1 aromatic carbocycles. The van der Waals surface area contributed by atoms with Gasteiger partial charge in [-0.25, -0.2) is 0 Å². The Balaban J connectivity index is 2.76. The lowest BCUT2D eigenvalue weighted by molar-refractivity contribution is 0.0841. The van der Waals surface area contributed by atoms with E-state index in [-0.39, 0.29) is 5.60 Å². The first kappa shape index (κ1) is 14.0. The van der Waals surface area contributed by atoms with Crippen LogP contribution in [0.4, 0.5) is 0 Å². The van der Waals surface area contributed by atoms with Crippen molar-refractivity contribution in [3.63, 3.8) is 0 Å². The van der Waals surface area contributed by atoms with E-state index in [1.54, 1.807) is 0 Å². The molecule has 0 aliphatic carbocycles. The summed E-state index contributed by atoms with van der Waals surface area (Å²) < 4.78 is 6.13. The van der Waals surface area contributed by atoms with Gasteiger partial charge in [-0.05, 0) is 57.0 Å². The molecule has 0 heterocycles. The van der Waals surface area contributed by atoms with Gasteiger partial charge in [-0.2, -0.15) is 0 Å². The fourth-order valence-electron chi connectivity index (χ4n) is 1.68. The van der Waals surface area contributed by atoms with Crippen LogP contribution in [0.2, 0.25) is 0 Å². The Morgan fingerprint density at radius 1 is 1.18 bits per heavy atom. The lowest BCUT2D eigenvalue weighted by atomic mass is 10.0. The Hall–Kier alpha value is -1.02. The molecule has 1 atom stereocenters. The summed E-state index contributed by atoms with van der Waals surface area (Å²) >= 11 is 0. The second-order valence-electron chi connectivity index (χ2n) is 4.93. The van der Waals surface area contributed by atoms with Crippen LogP contribution in [0.15, 0.2) is 18.2 Å². The number of hydrogen-bond acceptors (Lipinski definition) is 2. The maximum atomic E-state index is 6.13. The average Bonchev–Trinajstić information content (AvgIpc) is 2.31. The molecule has 17 heavy (non-hydrogen) atoms. The van der Waals surface area contributed by atoms with Crippen molar-refractivity contribution in [1.82, 2.24) is 5.32 Å². The van der Waals surface area contributed by atoms with E-state index in [2.05, 4.69) is 58.1 Å². The first-order valence-electron chi connectivity index (χ1n) is 6.47. The SMILES string of the molecule is CCNCC(C)(CC)Oc1ccc(C)c(C)c1. The van der Waals surface area contributed by atoms with Crippen molar-refractivity contribution in [2.75, 3.05) is 13.1 Å². The van der Waals surface area contributed by atoms with E-state index in [9.17, 15) is 0 Å². The van der Waals surface area contributed by atoms with Crippen LogP contribution in [0.1, 0.15) is 38.3 Å². The van der Waals surface area contributed by atoms with Gasteiger partial charge in [-0.1, -0.05) is 19.9 Å². The van der Waals surface area contributed by atoms with E-state index in [1.165, 1.54) is 11.1 Å². The van der Waals surface area contributed by atoms with Gasteiger partial charge in [0.2, 0.25) is 0 Å². The summed E-state index contributed by atoms with van der Waals surface area (Å²) in [5.41, 5.74) is 2.46. The number of rotatable bonds is 6. The van der Waals surface area contributed by atoms with Gasteiger partial charge in [0, 0.05) is 6.54 Å². The van der Waals surface area contributed by atoms with Gasteiger partial charge in [-0.15, -0.1) is 0 Å². The van der Waals surface area contributed by atoms with E-state index in [4.69, 9.17) is 4.74 Å². The van der Waals surface area contributed by atoms with Crippen LogP contribution in [0.3, 0.4) is 0 Å². The zero-order valence-electron chi connectivity index (χ0n) is 11.8. The molecule has 0 fully saturated rings. The maximum Gasteiger partial charge on any atom is 0.120 e. The van der Waals surface area contributed by atoms with Crippen LogP contribution >= 0.6 is 0 Å². The van der Waals surface area contributed by atoms with Crippen molar-refractivity contribution < 1.29 is 4.74 Å². The molecule has 0 aromatic heterocycles. The topological polar surface area (TPSA) is 21.3 Å². The number of aryl methyl sites for hydroxylation is 2. The molecular formula is C15H25NO. The molecule has 0 saturated carbocycles. The predicted molar refractivity (Wildman–Crippen MR) is 73.8 cm³/mol. The lowest BCUT2D eigenvalue weighted by Crippen LogP contribution is -2.42. The molecule has 0 saturated heterocycles. The van der Waals surface area contributed by atoms with Crippen LogP contribution in [0.25, 0.3) is 0 Å². The second-order valence-corrected chi connectivity index (χ2v) is 4.93. The van der Waals surface area contributed by atoms with Crippen molar-refractivity contribution in [2.24, 2.45) is 0 Å². The molecule has 1 unspecified atom stereocenters. The van der Waals surface area contributed by atoms with Gasteiger partial charge in [0.15, 0.2) is 0 Å². The highest BCUT2D eigenvalue weighted by Gasteiger charge is 2.23. The van der Waals surface area contributed by atoms with Gasteiger partial charge in [0.25, 0.3) is 0 Å². The Labute approximate surface area is 105 Å². The molecule has 96 valence electrons. The van der Waals surface area contributed by atoms with Crippen molar-refractivity contribution >= 4 is 0 Å². The van der Waals surface area contributed by atoms with E-state index >= 15 is 0 Å². The first-order valence-corrected chi connectivity index (χ1v) is 6.47. The second kappa shape index (κ2) is 6.06. The predicted octanol–water partition coefficient (Wildman–Crippen LogP) is 3.46. The fraction of sp³-hybridized carbons (Fsp3) is 0.600. The van der Waals surface area contributed by atoms with E-state index < -0.39 is 0 Å². The van der Waals surface area contributed by atoms with Crippen LogP contribution in [-0.4, -0.2) is 18.7 Å².